The molecule has 0 radical (unpaired) electrons. The van der Waals surface area contributed by atoms with E-state index in [1.807, 2.05) is 0 Å². The van der Waals surface area contributed by atoms with Crippen LogP contribution in [0.25, 0.3) is 0 Å². The van der Waals surface area contributed by atoms with Crippen LogP contribution in [-0.2, 0) is 21.4 Å². The highest BCUT2D eigenvalue weighted by Crippen LogP contribution is 2.22. The molecule has 0 aliphatic carbocycles. The van der Waals surface area contributed by atoms with Crippen molar-refractivity contribution in [2.45, 2.75) is 65.4 Å². The molecule has 1 aromatic rings. The molecule has 0 unspecified atom stereocenters. The quantitative estimate of drug-likeness (QED) is 0.753. The van der Waals surface area contributed by atoms with Crippen molar-refractivity contribution in [2.75, 3.05) is 32.8 Å². The third-order valence-corrected chi connectivity index (χ3v) is 5.12. The molecule has 1 fully saturated rings. The lowest BCUT2D eigenvalue weighted by molar-refractivity contribution is -0.123. The zero-order valence-electron chi connectivity index (χ0n) is 17.9. The minimum atomic E-state index is 0.128. The summed E-state index contributed by atoms with van der Waals surface area (Å²) in [5.74, 6) is 0.710. The van der Waals surface area contributed by atoms with E-state index in [2.05, 4.69) is 69.1 Å². The van der Waals surface area contributed by atoms with Crippen LogP contribution in [0.4, 0.5) is 0 Å². The molecular formula is C23H38N2O2. The van der Waals surface area contributed by atoms with E-state index in [-0.39, 0.29) is 11.3 Å². The summed E-state index contributed by atoms with van der Waals surface area (Å²) in [4.78, 5) is 14.4. The third-order valence-electron chi connectivity index (χ3n) is 5.12. The van der Waals surface area contributed by atoms with Crippen molar-refractivity contribution in [3.8, 4) is 0 Å². The molecule has 1 aliphatic rings. The van der Waals surface area contributed by atoms with Crippen molar-refractivity contribution in [3.05, 3.63) is 35.4 Å². The molecule has 0 atom stereocenters. The van der Waals surface area contributed by atoms with Gasteiger partial charge in [0.25, 0.3) is 0 Å². The zero-order chi connectivity index (χ0) is 19.9. The van der Waals surface area contributed by atoms with Gasteiger partial charge in [-0.3, -0.25) is 9.69 Å². The second kappa shape index (κ2) is 10.2. The maximum Gasteiger partial charge on any atom is 0.234 e. The van der Waals surface area contributed by atoms with Crippen LogP contribution >= 0.6 is 0 Å². The van der Waals surface area contributed by atoms with E-state index in [0.717, 1.165) is 39.0 Å². The Morgan fingerprint density at radius 2 is 1.81 bits per heavy atom. The largest absolute Gasteiger partial charge is 0.378 e. The van der Waals surface area contributed by atoms with E-state index in [0.29, 0.717) is 25.1 Å². The van der Waals surface area contributed by atoms with Crippen molar-refractivity contribution < 1.29 is 9.53 Å². The molecule has 1 amide bonds. The number of carbonyl (C=O) groups excluding carboxylic acids is 1. The van der Waals surface area contributed by atoms with Gasteiger partial charge in [0.1, 0.15) is 0 Å². The molecule has 1 aliphatic heterocycles. The Labute approximate surface area is 165 Å². The predicted molar refractivity (Wildman–Crippen MR) is 112 cm³/mol. The van der Waals surface area contributed by atoms with Crippen LogP contribution in [0.1, 0.15) is 58.6 Å². The Bertz CT molecular complexity index is 567. The lowest BCUT2D eigenvalue weighted by Gasteiger charge is -2.31. The van der Waals surface area contributed by atoms with Crippen LogP contribution in [-0.4, -0.2) is 49.7 Å². The highest BCUT2D eigenvalue weighted by atomic mass is 16.5. The van der Waals surface area contributed by atoms with Crippen molar-refractivity contribution in [1.82, 2.24) is 10.2 Å². The van der Waals surface area contributed by atoms with E-state index in [1.54, 1.807) is 0 Å². The molecule has 0 spiro atoms. The highest BCUT2D eigenvalue weighted by Gasteiger charge is 2.21. The molecule has 1 heterocycles. The molecule has 0 saturated carbocycles. The van der Waals surface area contributed by atoms with Crippen LogP contribution in [0.15, 0.2) is 24.3 Å². The Balaban J connectivity index is 1.63. The first-order valence-electron chi connectivity index (χ1n) is 10.4. The van der Waals surface area contributed by atoms with Gasteiger partial charge in [0.2, 0.25) is 5.91 Å². The van der Waals surface area contributed by atoms with Gasteiger partial charge < -0.3 is 10.1 Å². The molecular weight excluding hydrogens is 336 g/mol. The molecule has 2 rings (SSSR count). The maximum absolute atomic E-state index is 12.2. The highest BCUT2D eigenvalue weighted by molar-refractivity contribution is 5.78. The number of nitrogens with zero attached hydrogens (tertiary/aromatic N) is 1. The SMILES string of the molecule is CC(C)COC1CCN(CC(=O)NCCc2ccc(C(C)(C)C)cc2)CC1. The molecule has 0 aromatic heterocycles. The Kier molecular flexibility index (Phi) is 8.30. The molecule has 27 heavy (non-hydrogen) atoms. The van der Waals surface area contributed by atoms with E-state index in [9.17, 15) is 4.79 Å². The summed E-state index contributed by atoms with van der Waals surface area (Å²) in [6, 6.07) is 8.74. The van der Waals surface area contributed by atoms with E-state index < -0.39 is 0 Å². The Morgan fingerprint density at radius 1 is 1.19 bits per heavy atom. The fraction of sp³-hybridized carbons (Fsp3) is 0.696. The number of hydrogen-bond donors (Lipinski definition) is 1. The average molecular weight is 375 g/mol. The number of carbonyl (C=O) groups is 1. The van der Waals surface area contributed by atoms with Crippen LogP contribution in [0.2, 0.25) is 0 Å². The van der Waals surface area contributed by atoms with Gasteiger partial charge in [-0.15, -0.1) is 0 Å². The molecule has 1 N–H and O–H groups in total. The number of hydrogen-bond acceptors (Lipinski definition) is 3. The number of likely N-dealkylation sites (tertiary alicyclic amines) is 1. The summed E-state index contributed by atoms with van der Waals surface area (Å²) in [6.07, 6.45) is 3.30. The smallest absolute Gasteiger partial charge is 0.234 e. The summed E-state index contributed by atoms with van der Waals surface area (Å²) in [7, 11) is 0. The first-order valence-corrected chi connectivity index (χ1v) is 10.4. The van der Waals surface area contributed by atoms with Crippen molar-refractivity contribution in [1.29, 1.82) is 0 Å². The standard InChI is InChI=1S/C23H38N2O2/c1-18(2)17-27-21-11-14-25(15-12-21)16-22(26)24-13-10-19-6-8-20(9-7-19)23(3,4)5/h6-9,18,21H,10-17H2,1-5H3,(H,24,26). The fourth-order valence-electron chi connectivity index (χ4n) is 3.34. The van der Waals surface area contributed by atoms with Crippen LogP contribution in [0, 0.1) is 5.92 Å². The van der Waals surface area contributed by atoms with Crippen molar-refractivity contribution in [3.63, 3.8) is 0 Å². The number of amides is 1. The first kappa shape index (κ1) is 21.9. The van der Waals surface area contributed by atoms with Gasteiger partial charge in [0.05, 0.1) is 12.6 Å². The van der Waals surface area contributed by atoms with E-state index in [1.165, 1.54) is 11.1 Å². The van der Waals surface area contributed by atoms with Crippen molar-refractivity contribution >= 4 is 5.91 Å². The lowest BCUT2D eigenvalue weighted by Crippen LogP contribution is -2.43. The van der Waals surface area contributed by atoms with Crippen molar-refractivity contribution in [2.24, 2.45) is 5.92 Å². The minimum absolute atomic E-state index is 0.128. The van der Waals surface area contributed by atoms with Gasteiger partial charge in [-0.1, -0.05) is 58.9 Å². The van der Waals surface area contributed by atoms with Gasteiger partial charge >= 0.3 is 0 Å². The lowest BCUT2D eigenvalue weighted by atomic mass is 9.86. The number of ether oxygens (including phenoxy) is 1. The number of benzene rings is 1. The van der Waals surface area contributed by atoms with Crippen LogP contribution in [0.5, 0.6) is 0 Å². The predicted octanol–water partition coefficient (Wildman–Crippen LogP) is 3.78. The summed E-state index contributed by atoms with van der Waals surface area (Å²) in [5, 5.41) is 3.06. The number of nitrogens with one attached hydrogen (secondary N) is 1. The van der Waals surface area contributed by atoms with Crippen LogP contribution in [0.3, 0.4) is 0 Å². The fourth-order valence-corrected chi connectivity index (χ4v) is 3.34. The third kappa shape index (κ3) is 8.02. The normalized spacial score (nSPS) is 16.7. The summed E-state index contributed by atoms with van der Waals surface area (Å²) in [6.45, 7) is 15.0. The molecule has 1 saturated heterocycles. The number of piperidine rings is 1. The second-order valence-corrected chi connectivity index (χ2v) is 9.25. The van der Waals surface area contributed by atoms with Gasteiger partial charge in [0, 0.05) is 26.2 Å². The van der Waals surface area contributed by atoms with E-state index in [4.69, 9.17) is 4.74 Å². The molecule has 0 bridgehead atoms. The molecule has 1 aromatic carbocycles. The zero-order valence-corrected chi connectivity index (χ0v) is 17.9. The molecule has 4 heteroatoms. The van der Waals surface area contributed by atoms with Gasteiger partial charge in [-0.25, -0.2) is 0 Å². The van der Waals surface area contributed by atoms with Crippen LogP contribution < -0.4 is 5.32 Å². The topological polar surface area (TPSA) is 41.6 Å². The monoisotopic (exact) mass is 374 g/mol. The van der Waals surface area contributed by atoms with Gasteiger partial charge in [-0.2, -0.15) is 0 Å². The summed E-state index contributed by atoms with van der Waals surface area (Å²) < 4.78 is 5.91. The Morgan fingerprint density at radius 3 is 2.37 bits per heavy atom. The maximum atomic E-state index is 12.2. The average Bonchev–Trinajstić information content (AvgIpc) is 2.61. The summed E-state index contributed by atoms with van der Waals surface area (Å²) in [5.41, 5.74) is 2.79. The molecule has 4 nitrogen and oxygen atoms in total. The minimum Gasteiger partial charge on any atom is -0.378 e. The second-order valence-electron chi connectivity index (χ2n) is 9.25. The van der Waals surface area contributed by atoms with E-state index >= 15 is 0 Å². The van der Waals surface area contributed by atoms with Gasteiger partial charge in [-0.05, 0) is 41.7 Å². The first-order chi connectivity index (χ1) is 12.7. The Hall–Kier alpha value is -1.39. The van der Waals surface area contributed by atoms with Gasteiger partial charge in [0.15, 0.2) is 0 Å². The summed E-state index contributed by atoms with van der Waals surface area (Å²) >= 11 is 0. The molecule has 152 valence electrons. The number of rotatable bonds is 8.